The first-order chi connectivity index (χ1) is 13.6. The highest BCUT2D eigenvalue weighted by molar-refractivity contribution is 6.04. The van der Waals surface area contributed by atoms with Crippen molar-refractivity contribution in [1.82, 2.24) is 9.97 Å². The van der Waals surface area contributed by atoms with Crippen LogP contribution in [-0.4, -0.2) is 29.1 Å². The van der Waals surface area contributed by atoms with Crippen LogP contribution in [0.2, 0.25) is 0 Å². The highest BCUT2D eigenvalue weighted by atomic mass is 16.5. The third-order valence-corrected chi connectivity index (χ3v) is 3.77. The van der Waals surface area contributed by atoms with Crippen LogP contribution >= 0.6 is 0 Å². The number of ether oxygens (including phenoxy) is 2. The number of nitrogens with zero attached hydrogens (tertiary/aromatic N) is 2. The number of rotatable bonds is 7. The van der Waals surface area contributed by atoms with Crippen molar-refractivity contribution in [2.45, 2.75) is 20.0 Å². The summed E-state index contributed by atoms with van der Waals surface area (Å²) in [7, 11) is 1.55. The van der Waals surface area contributed by atoms with E-state index in [-0.39, 0.29) is 12.0 Å². The van der Waals surface area contributed by atoms with Crippen molar-refractivity contribution in [3.63, 3.8) is 0 Å². The summed E-state index contributed by atoms with van der Waals surface area (Å²) in [6, 6.07) is 14.7. The lowest BCUT2D eigenvalue weighted by atomic mass is 10.2. The topological polar surface area (TPSA) is 85.4 Å². The molecule has 0 aliphatic heterocycles. The fourth-order valence-corrected chi connectivity index (χ4v) is 2.50. The van der Waals surface area contributed by atoms with Gasteiger partial charge in [0.05, 0.1) is 30.2 Å². The van der Waals surface area contributed by atoms with Gasteiger partial charge in [0.1, 0.15) is 11.5 Å². The summed E-state index contributed by atoms with van der Waals surface area (Å²) in [5.41, 5.74) is 1.67. The number of methoxy groups -OCH3 is 1. The molecule has 2 aromatic carbocycles. The number of para-hydroxylation sites is 4. The van der Waals surface area contributed by atoms with Crippen LogP contribution in [0.4, 0.5) is 17.3 Å². The molecule has 0 spiro atoms. The van der Waals surface area contributed by atoms with E-state index in [1.54, 1.807) is 19.2 Å². The minimum Gasteiger partial charge on any atom is -0.495 e. The maximum atomic E-state index is 12.4. The van der Waals surface area contributed by atoms with Gasteiger partial charge in [-0.25, -0.2) is 9.97 Å². The molecule has 0 aliphatic carbocycles. The van der Waals surface area contributed by atoms with Crippen LogP contribution in [0.15, 0.2) is 60.9 Å². The van der Waals surface area contributed by atoms with Crippen LogP contribution in [0.3, 0.4) is 0 Å². The Balaban J connectivity index is 1.71. The molecule has 3 aromatic rings. The maximum Gasteiger partial charge on any atom is 0.258 e. The van der Waals surface area contributed by atoms with E-state index in [1.165, 1.54) is 12.4 Å². The van der Waals surface area contributed by atoms with Crippen molar-refractivity contribution in [2.75, 3.05) is 17.7 Å². The lowest BCUT2D eigenvalue weighted by Crippen LogP contribution is -2.14. The number of amides is 1. The van der Waals surface area contributed by atoms with Gasteiger partial charge in [0, 0.05) is 12.4 Å². The largest absolute Gasteiger partial charge is 0.495 e. The monoisotopic (exact) mass is 378 g/mol. The minimum atomic E-state index is -0.320. The van der Waals surface area contributed by atoms with Crippen LogP contribution in [0.5, 0.6) is 11.5 Å². The lowest BCUT2D eigenvalue weighted by molar-refractivity contribution is 0.102. The predicted molar refractivity (Wildman–Crippen MR) is 108 cm³/mol. The molecule has 144 valence electrons. The number of carbonyl (C=O) groups is 1. The van der Waals surface area contributed by atoms with E-state index in [0.717, 1.165) is 5.69 Å². The Morgan fingerprint density at radius 1 is 0.929 bits per heavy atom. The summed E-state index contributed by atoms with van der Waals surface area (Å²) in [6.07, 6.45) is 2.97. The maximum absolute atomic E-state index is 12.4. The first-order valence-electron chi connectivity index (χ1n) is 8.86. The first-order valence-corrected chi connectivity index (χ1v) is 8.86. The third kappa shape index (κ3) is 4.76. The average Bonchev–Trinajstić information content (AvgIpc) is 2.70. The molecular weight excluding hydrogens is 356 g/mol. The zero-order chi connectivity index (χ0) is 19.9. The van der Waals surface area contributed by atoms with E-state index in [0.29, 0.717) is 28.7 Å². The second-order valence-corrected chi connectivity index (χ2v) is 6.24. The number of aromatic nitrogens is 2. The standard InChI is InChI=1S/C21H22N4O3/c1-14(2)28-19-11-7-5-9-17(19)25-21-22-12-15(13-23-21)20(26)24-16-8-4-6-10-18(16)27-3/h4-14H,1-3H3,(H,24,26)(H,22,23,25). The molecule has 0 aliphatic rings. The van der Waals surface area contributed by atoms with Crippen LogP contribution in [0.1, 0.15) is 24.2 Å². The van der Waals surface area contributed by atoms with Gasteiger partial charge in [-0.2, -0.15) is 0 Å². The van der Waals surface area contributed by atoms with Crippen molar-refractivity contribution < 1.29 is 14.3 Å². The Kier molecular flexibility index (Phi) is 6.06. The molecule has 0 radical (unpaired) electrons. The number of anilines is 3. The SMILES string of the molecule is COc1ccccc1NC(=O)c1cnc(Nc2ccccc2OC(C)C)nc1. The van der Waals surface area contributed by atoms with Crippen molar-refractivity contribution in [2.24, 2.45) is 0 Å². The smallest absolute Gasteiger partial charge is 0.258 e. The van der Waals surface area contributed by atoms with Crippen molar-refractivity contribution >= 4 is 23.2 Å². The van der Waals surface area contributed by atoms with E-state index in [4.69, 9.17) is 9.47 Å². The molecule has 1 aromatic heterocycles. The molecule has 7 heteroatoms. The van der Waals surface area contributed by atoms with Gasteiger partial charge in [0.25, 0.3) is 5.91 Å². The van der Waals surface area contributed by atoms with E-state index in [9.17, 15) is 4.79 Å². The number of benzene rings is 2. The number of carbonyl (C=O) groups excluding carboxylic acids is 1. The van der Waals surface area contributed by atoms with Gasteiger partial charge in [-0.3, -0.25) is 4.79 Å². The molecule has 1 amide bonds. The van der Waals surface area contributed by atoms with Crippen molar-refractivity contribution in [3.8, 4) is 11.5 Å². The van der Waals surface area contributed by atoms with E-state index in [1.807, 2.05) is 50.2 Å². The van der Waals surface area contributed by atoms with Crippen LogP contribution in [-0.2, 0) is 0 Å². The summed E-state index contributed by atoms with van der Waals surface area (Å²) in [5, 5.41) is 5.91. The zero-order valence-corrected chi connectivity index (χ0v) is 16.0. The summed E-state index contributed by atoms with van der Waals surface area (Å²) in [5.74, 6) is 1.34. The molecule has 0 saturated heterocycles. The van der Waals surface area contributed by atoms with Gasteiger partial charge in [0.15, 0.2) is 0 Å². The average molecular weight is 378 g/mol. The Morgan fingerprint density at radius 2 is 1.54 bits per heavy atom. The molecular formula is C21H22N4O3. The van der Waals surface area contributed by atoms with E-state index >= 15 is 0 Å². The molecule has 7 nitrogen and oxygen atoms in total. The second kappa shape index (κ2) is 8.85. The number of nitrogens with one attached hydrogen (secondary N) is 2. The lowest BCUT2D eigenvalue weighted by Gasteiger charge is -2.14. The molecule has 0 unspecified atom stereocenters. The van der Waals surface area contributed by atoms with E-state index < -0.39 is 0 Å². The highest BCUT2D eigenvalue weighted by Crippen LogP contribution is 2.27. The van der Waals surface area contributed by atoms with Gasteiger partial charge in [-0.15, -0.1) is 0 Å². The number of hydrogen-bond acceptors (Lipinski definition) is 6. The number of hydrogen-bond donors (Lipinski definition) is 2. The Labute approximate surface area is 163 Å². The quantitative estimate of drug-likeness (QED) is 0.639. The molecule has 0 fully saturated rings. The molecule has 28 heavy (non-hydrogen) atoms. The molecule has 0 bridgehead atoms. The Morgan fingerprint density at radius 3 is 2.18 bits per heavy atom. The highest BCUT2D eigenvalue weighted by Gasteiger charge is 2.11. The minimum absolute atomic E-state index is 0.0462. The van der Waals surface area contributed by atoms with Gasteiger partial charge >= 0.3 is 0 Å². The zero-order valence-electron chi connectivity index (χ0n) is 16.0. The summed E-state index contributed by atoms with van der Waals surface area (Å²) >= 11 is 0. The van der Waals surface area contributed by atoms with Gasteiger partial charge in [-0.1, -0.05) is 24.3 Å². The van der Waals surface area contributed by atoms with Crippen LogP contribution in [0.25, 0.3) is 0 Å². The fourth-order valence-electron chi connectivity index (χ4n) is 2.50. The Hall–Kier alpha value is -3.61. The van der Waals surface area contributed by atoms with Gasteiger partial charge < -0.3 is 20.1 Å². The first kappa shape index (κ1) is 19.2. The molecule has 0 atom stereocenters. The normalized spacial score (nSPS) is 10.4. The van der Waals surface area contributed by atoms with Crippen LogP contribution < -0.4 is 20.1 Å². The third-order valence-electron chi connectivity index (χ3n) is 3.77. The fraction of sp³-hybridized carbons (Fsp3) is 0.190. The van der Waals surface area contributed by atoms with Crippen LogP contribution in [0, 0.1) is 0 Å². The second-order valence-electron chi connectivity index (χ2n) is 6.24. The summed E-state index contributed by atoms with van der Waals surface area (Å²) in [4.78, 5) is 20.9. The van der Waals surface area contributed by atoms with Gasteiger partial charge in [-0.05, 0) is 38.1 Å². The molecule has 1 heterocycles. The molecule has 3 rings (SSSR count). The van der Waals surface area contributed by atoms with E-state index in [2.05, 4.69) is 20.6 Å². The van der Waals surface area contributed by atoms with Gasteiger partial charge in [0.2, 0.25) is 5.95 Å². The van der Waals surface area contributed by atoms with Crippen molar-refractivity contribution in [3.05, 3.63) is 66.5 Å². The molecule has 2 N–H and O–H groups in total. The predicted octanol–water partition coefficient (Wildman–Crippen LogP) is 4.27. The Bertz CT molecular complexity index is 942. The van der Waals surface area contributed by atoms with Crippen molar-refractivity contribution in [1.29, 1.82) is 0 Å². The summed E-state index contributed by atoms with van der Waals surface area (Å²) in [6.45, 7) is 3.92. The molecule has 0 saturated carbocycles. The summed E-state index contributed by atoms with van der Waals surface area (Å²) < 4.78 is 11.0.